The summed E-state index contributed by atoms with van der Waals surface area (Å²) in [6, 6.07) is 11.6. The zero-order valence-corrected chi connectivity index (χ0v) is 18.1. The largest absolute Gasteiger partial charge is 0.495 e. The maximum atomic E-state index is 13.3. The summed E-state index contributed by atoms with van der Waals surface area (Å²) in [5.74, 6) is -0.122. The van der Waals surface area contributed by atoms with Gasteiger partial charge >= 0.3 is 0 Å². The van der Waals surface area contributed by atoms with E-state index < -0.39 is 10.0 Å². The quantitative estimate of drug-likeness (QED) is 0.746. The van der Waals surface area contributed by atoms with E-state index in [1.165, 1.54) is 23.5 Å². The third kappa shape index (κ3) is 4.91. The standard InChI is InChI=1S/C21H25ClN2O4S/c1-15-5-3-4-12-24(15)29(26,27)20-13-17(8-11-19(20)28-2)21(25)23-14-16-6-9-18(22)10-7-16/h6-11,13,15H,3-5,12,14H2,1-2H3,(H,23,25)/t15-/m0/s1. The molecule has 0 aliphatic carbocycles. The molecule has 1 atom stereocenters. The smallest absolute Gasteiger partial charge is 0.251 e. The highest BCUT2D eigenvalue weighted by molar-refractivity contribution is 7.89. The van der Waals surface area contributed by atoms with Crippen LogP contribution in [0.15, 0.2) is 47.4 Å². The number of halogens is 1. The number of ether oxygens (including phenoxy) is 1. The van der Waals surface area contributed by atoms with Crippen molar-refractivity contribution >= 4 is 27.5 Å². The van der Waals surface area contributed by atoms with E-state index in [4.69, 9.17) is 16.3 Å². The number of hydrogen-bond acceptors (Lipinski definition) is 4. The van der Waals surface area contributed by atoms with Gasteiger partial charge in [0.2, 0.25) is 10.0 Å². The molecule has 1 heterocycles. The number of piperidine rings is 1. The molecule has 2 aromatic rings. The molecule has 0 radical (unpaired) electrons. The van der Waals surface area contributed by atoms with E-state index in [2.05, 4.69) is 5.32 Å². The summed E-state index contributed by atoms with van der Waals surface area (Å²) in [4.78, 5) is 12.6. The number of benzene rings is 2. The van der Waals surface area contributed by atoms with E-state index in [1.54, 1.807) is 18.2 Å². The predicted molar refractivity (Wildman–Crippen MR) is 113 cm³/mol. The van der Waals surface area contributed by atoms with Gasteiger partial charge in [0, 0.05) is 29.7 Å². The van der Waals surface area contributed by atoms with Crippen LogP contribution < -0.4 is 10.1 Å². The SMILES string of the molecule is COc1ccc(C(=O)NCc2ccc(Cl)cc2)cc1S(=O)(=O)N1CCCC[C@@H]1C. The van der Waals surface area contributed by atoms with Gasteiger partial charge in [0.25, 0.3) is 5.91 Å². The molecule has 1 aliphatic heterocycles. The third-order valence-corrected chi connectivity index (χ3v) is 7.41. The molecule has 1 amide bonds. The van der Waals surface area contributed by atoms with Gasteiger partial charge in [-0.15, -0.1) is 0 Å². The fraction of sp³-hybridized carbons (Fsp3) is 0.381. The molecular weight excluding hydrogens is 412 g/mol. The highest BCUT2D eigenvalue weighted by Gasteiger charge is 2.33. The second-order valence-corrected chi connectivity index (χ2v) is 9.43. The van der Waals surface area contributed by atoms with Crippen LogP contribution >= 0.6 is 11.6 Å². The van der Waals surface area contributed by atoms with Gasteiger partial charge in [0.15, 0.2) is 0 Å². The van der Waals surface area contributed by atoms with E-state index in [0.717, 1.165) is 24.8 Å². The normalized spacial score (nSPS) is 17.7. The molecule has 6 nitrogen and oxygen atoms in total. The summed E-state index contributed by atoms with van der Waals surface area (Å²) >= 11 is 5.87. The Morgan fingerprint density at radius 1 is 1.21 bits per heavy atom. The summed E-state index contributed by atoms with van der Waals surface area (Å²) in [6.07, 6.45) is 2.66. The Balaban J connectivity index is 1.84. The van der Waals surface area contributed by atoms with Crippen molar-refractivity contribution in [3.05, 3.63) is 58.6 Å². The van der Waals surface area contributed by atoms with Crippen LogP contribution in [0.5, 0.6) is 5.75 Å². The maximum Gasteiger partial charge on any atom is 0.251 e. The Morgan fingerprint density at radius 2 is 1.93 bits per heavy atom. The third-order valence-electron chi connectivity index (χ3n) is 5.12. The second-order valence-electron chi connectivity index (χ2n) is 7.14. The molecule has 1 N–H and O–H groups in total. The first-order valence-corrected chi connectivity index (χ1v) is 11.4. The molecule has 29 heavy (non-hydrogen) atoms. The van der Waals surface area contributed by atoms with Crippen molar-refractivity contribution in [3.8, 4) is 5.75 Å². The lowest BCUT2D eigenvalue weighted by atomic mass is 10.1. The van der Waals surface area contributed by atoms with Gasteiger partial charge in [-0.05, 0) is 55.7 Å². The lowest BCUT2D eigenvalue weighted by Gasteiger charge is -2.32. The van der Waals surface area contributed by atoms with Gasteiger partial charge in [-0.25, -0.2) is 8.42 Å². The highest BCUT2D eigenvalue weighted by atomic mass is 35.5. The number of hydrogen-bond donors (Lipinski definition) is 1. The van der Waals surface area contributed by atoms with Crippen molar-refractivity contribution < 1.29 is 17.9 Å². The second kappa shape index (κ2) is 9.15. The van der Waals surface area contributed by atoms with Crippen molar-refractivity contribution in [2.75, 3.05) is 13.7 Å². The molecule has 2 aromatic carbocycles. The monoisotopic (exact) mass is 436 g/mol. The van der Waals surface area contributed by atoms with Crippen molar-refractivity contribution in [1.82, 2.24) is 9.62 Å². The van der Waals surface area contributed by atoms with Crippen LogP contribution in [0.25, 0.3) is 0 Å². The molecule has 0 saturated carbocycles. The molecule has 1 fully saturated rings. The van der Waals surface area contributed by atoms with Crippen molar-refractivity contribution in [1.29, 1.82) is 0 Å². The van der Waals surface area contributed by atoms with Crippen LogP contribution in [0.1, 0.15) is 42.1 Å². The molecule has 1 aliphatic rings. The number of carbonyl (C=O) groups is 1. The van der Waals surface area contributed by atoms with Crippen LogP contribution in [0.2, 0.25) is 5.02 Å². The van der Waals surface area contributed by atoms with Gasteiger partial charge in [0.1, 0.15) is 10.6 Å². The lowest BCUT2D eigenvalue weighted by molar-refractivity contribution is 0.0950. The molecule has 8 heteroatoms. The number of nitrogens with zero attached hydrogens (tertiary/aromatic N) is 1. The summed E-state index contributed by atoms with van der Waals surface area (Å²) in [6.45, 7) is 2.69. The first-order valence-electron chi connectivity index (χ1n) is 9.55. The molecule has 1 saturated heterocycles. The lowest BCUT2D eigenvalue weighted by Crippen LogP contribution is -2.42. The first kappa shape index (κ1) is 21.6. The fourth-order valence-corrected chi connectivity index (χ4v) is 5.47. The number of carbonyl (C=O) groups excluding carboxylic acids is 1. The zero-order chi connectivity index (χ0) is 21.0. The van der Waals surface area contributed by atoms with Gasteiger partial charge in [-0.3, -0.25) is 4.79 Å². The predicted octanol–water partition coefficient (Wildman–Crippen LogP) is 3.84. The number of sulfonamides is 1. The van der Waals surface area contributed by atoms with E-state index in [1.807, 2.05) is 19.1 Å². The first-order chi connectivity index (χ1) is 13.8. The van der Waals surface area contributed by atoms with Crippen molar-refractivity contribution in [2.24, 2.45) is 0 Å². The molecule has 156 valence electrons. The Hall–Kier alpha value is -2.09. The number of nitrogens with one attached hydrogen (secondary N) is 1. The maximum absolute atomic E-state index is 13.3. The van der Waals surface area contributed by atoms with Crippen molar-refractivity contribution in [2.45, 2.75) is 43.7 Å². The Kier molecular flexibility index (Phi) is 6.82. The zero-order valence-electron chi connectivity index (χ0n) is 16.5. The topological polar surface area (TPSA) is 75.7 Å². The van der Waals surface area contributed by atoms with Crippen LogP contribution in [-0.2, 0) is 16.6 Å². The van der Waals surface area contributed by atoms with Gasteiger partial charge in [0.05, 0.1) is 7.11 Å². The molecule has 0 bridgehead atoms. The Bertz CT molecular complexity index is 977. The molecule has 0 unspecified atom stereocenters. The summed E-state index contributed by atoms with van der Waals surface area (Å²) in [5.41, 5.74) is 1.16. The molecule has 3 rings (SSSR count). The summed E-state index contributed by atoms with van der Waals surface area (Å²) in [7, 11) is -2.34. The summed E-state index contributed by atoms with van der Waals surface area (Å²) in [5, 5.41) is 3.43. The van der Waals surface area contributed by atoms with Gasteiger partial charge in [-0.1, -0.05) is 30.2 Å². The Morgan fingerprint density at radius 3 is 2.59 bits per heavy atom. The molecule has 0 aromatic heterocycles. The number of amides is 1. The summed E-state index contributed by atoms with van der Waals surface area (Å²) < 4.78 is 33.3. The highest BCUT2D eigenvalue weighted by Crippen LogP contribution is 2.31. The number of rotatable bonds is 6. The minimum atomic E-state index is -3.77. The Labute approximate surface area is 176 Å². The molecule has 0 spiro atoms. The fourth-order valence-electron chi connectivity index (χ4n) is 3.46. The van der Waals surface area contributed by atoms with Crippen LogP contribution in [0.3, 0.4) is 0 Å². The number of methoxy groups -OCH3 is 1. The van der Waals surface area contributed by atoms with E-state index in [-0.39, 0.29) is 28.2 Å². The average molecular weight is 437 g/mol. The van der Waals surface area contributed by atoms with Gasteiger partial charge in [-0.2, -0.15) is 4.31 Å². The van der Waals surface area contributed by atoms with Crippen molar-refractivity contribution in [3.63, 3.8) is 0 Å². The minimum absolute atomic E-state index is 0.0212. The minimum Gasteiger partial charge on any atom is -0.495 e. The molecular formula is C21H25ClN2O4S. The van der Waals surface area contributed by atoms with E-state index in [0.29, 0.717) is 18.1 Å². The van der Waals surface area contributed by atoms with Gasteiger partial charge < -0.3 is 10.1 Å². The van der Waals surface area contributed by atoms with Crippen LogP contribution in [0, 0.1) is 0 Å². The average Bonchev–Trinajstić information content (AvgIpc) is 2.72. The van der Waals surface area contributed by atoms with Crippen LogP contribution in [-0.4, -0.2) is 38.3 Å². The van der Waals surface area contributed by atoms with E-state index >= 15 is 0 Å². The van der Waals surface area contributed by atoms with Crippen LogP contribution in [0.4, 0.5) is 0 Å². The van der Waals surface area contributed by atoms with E-state index in [9.17, 15) is 13.2 Å².